The highest BCUT2D eigenvalue weighted by atomic mass is 32.2. The molecule has 8 heteroatoms. The Morgan fingerprint density at radius 2 is 1.90 bits per heavy atom. The van der Waals surface area contributed by atoms with Crippen molar-refractivity contribution in [2.75, 3.05) is 19.6 Å². The van der Waals surface area contributed by atoms with Crippen LogP contribution in [0.2, 0.25) is 0 Å². The minimum Gasteiger partial charge on any atom is -0.336 e. The maximum atomic E-state index is 12.9. The smallest absolute Gasteiger partial charge is 0.240 e. The molecule has 1 heterocycles. The molecule has 1 aromatic rings. The van der Waals surface area contributed by atoms with E-state index in [1.165, 1.54) is 0 Å². The fraction of sp³-hybridized carbons (Fsp3) is 0.652. The van der Waals surface area contributed by atoms with Crippen LogP contribution in [0.3, 0.4) is 0 Å². The number of likely N-dealkylation sites (tertiary alicyclic amines) is 1. The summed E-state index contributed by atoms with van der Waals surface area (Å²) >= 11 is 0. The molecule has 3 rings (SSSR count). The van der Waals surface area contributed by atoms with E-state index in [0.29, 0.717) is 25.9 Å². The van der Waals surface area contributed by atoms with Crippen LogP contribution in [0.1, 0.15) is 57.4 Å². The second kappa shape index (κ2) is 10.1. The average molecular weight is 447 g/mol. The molecule has 170 valence electrons. The van der Waals surface area contributed by atoms with E-state index in [1.807, 2.05) is 13.8 Å². The second-order valence-electron chi connectivity index (χ2n) is 9.09. The van der Waals surface area contributed by atoms with Crippen molar-refractivity contribution in [3.8, 4) is 6.07 Å². The molecular formula is C23H34N4O3S. The minimum atomic E-state index is -3.55. The Hall–Kier alpha value is -1.95. The SMILES string of the molecule is Cc1ccc(S(=O)(=O)NCC2CCCN(C(C)C(=O)NC3(C#N)CCCCC3)C2)cc1. The summed E-state index contributed by atoms with van der Waals surface area (Å²) in [5, 5.41) is 12.7. The van der Waals surface area contributed by atoms with Crippen LogP contribution in [-0.2, 0) is 14.8 Å². The van der Waals surface area contributed by atoms with Crippen molar-refractivity contribution in [2.45, 2.75) is 75.3 Å². The molecule has 1 aliphatic carbocycles. The number of aryl methyl sites for hydroxylation is 1. The van der Waals surface area contributed by atoms with Crippen molar-refractivity contribution in [1.82, 2.24) is 14.9 Å². The van der Waals surface area contributed by atoms with Gasteiger partial charge in [-0.2, -0.15) is 5.26 Å². The van der Waals surface area contributed by atoms with E-state index in [1.54, 1.807) is 24.3 Å². The van der Waals surface area contributed by atoms with Crippen LogP contribution < -0.4 is 10.0 Å². The van der Waals surface area contributed by atoms with Crippen molar-refractivity contribution < 1.29 is 13.2 Å². The van der Waals surface area contributed by atoms with E-state index < -0.39 is 15.6 Å². The normalized spacial score (nSPS) is 22.9. The van der Waals surface area contributed by atoms with Crippen molar-refractivity contribution in [3.63, 3.8) is 0 Å². The number of sulfonamides is 1. The quantitative estimate of drug-likeness (QED) is 0.670. The van der Waals surface area contributed by atoms with Gasteiger partial charge in [0, 0.05) is 13.1 Å². The molecule has 2 aliphatic rings. The van der Waals surface area contributed by atoms with Gasteiger partial charge in [0.05, 0.1) is 17.0 Å². The number of benzene rings is 1. The molecule has 0 radical (unpaired) electrons. The van der Waals surface area contributed by atoms with Gasteiger partial charge >= 0.3 is 0 Å². The lowest BCUT2D eigenvalue weighted by Gasteiger charge is -2.38. The minimum absolute atomic E-state index is 0.107. The molecular weight excluding hydrogens is 412 g/mol. The van der Waals surface area contributed by atoms with Gasteiger partial charge in [-0.3, -0.25) is 9.69 Å². The first-order valence-electron chi connectivity index (χ1n) is 11.3. The maximum Gasteiger partial charge on any atom is 0.240 e. The number of hydrogen-bond acceptors (Lipinski definition) is 5. The van der Waals surface area contributed by atoms with Crippen molar-refractivity contribution >= 4 is 15.9 Å². The summed E-state index contributed by atoms with van der Waals surface area (Å²) in [7, 11) is -3.55. The number of hydrogen-bond donors (Lipinski definition) is 2. The molecule has 0 bridgehead atoms. The average Bonchev–Trinajstić information content (AvgIpc) is 2.78. The number of piperidine rings is 1. The third-order valence-electron chi connectivity index (χ3n) is 6.65. The zero-order valence-corrected chi connectivity index (χ0v) is 19.4. The van der Waals surface area contributed by atoms with Gasteiger partial charge in [-0.05, 0) is 64.1 Å². The monoisotopic (exact) mass is 446 g/mol. The molecule has 1 amide bonds. The van der Waals surface area contributed by atoms with Crippen LogP contribution in [0.4, 0.5) is 0 Å². The van der Waals surface area contributed by atoms with E-state index in [0.717, 1.165) is 44.2 Å². The first-order chi connectivity index (χ1) is 14.7. The van der Waals surface area contributed by atoms with Gasteiger partial charge in [0.25, 0.3) is 0 Å². The van der Waals surface area contributed by atoms with Crippen molar-refractivity contribution in [3.05, 3.63) is 29.8 Å². The van der Waals surface area contributed by atoms with Crippen LogP contribution in [0, 0.1) is 24.2 Å². The number of nitrogens with one attached hydrogen (secondary N) is 2. The molecule has 0 spiro atoms. The van der Waals surface area contributed by atoms with Gasteiger partial charge in [-0.25, -0.2) is 13.1 Å². The predicted molar refractivity (Wildman–Crippen MR) is 120 cm³/mol. The van der Waals surface area contributed by atoms with Crippen LogP contribution >= 0.6 is 0 Å². The number of nitriles is 1. The van der Waals surface area contributed by atoms with Crippen LogP contribution in [-0.4, -0.2) is 50.4 Å². The molecule has 1 aromatic carbocycles. The lowest BCUT2D eigenvalue weighted by atomic mass is 9.82. The van der Waals surface area contributed by atoms with Gasteiger partial charge in [0.1, 0.15) is 5.54 Å². The van der Waals surface area contributed by atoms with Gasteiger partial charge in [0.15, 0.2) is 0 Å². The van der Waals surface area contributed by atoms with E-state index in [-0.39, 0.29) is 22.8 Å². The zero-order chi connectivity index (χ0) is 22.5. The Morgan fingerprint density at radius 3 is 2.55 bits per heavy atom. The van der Waals surface area contributed by atoms with Crippen LogP contribution in [0.5, 0.6) is 0 Å². The topological polar surface area (TPSA) is 102 Å². The molecule has 1 saturated heterocycles. The molecule has 2 atom stereocenters. The number of rotatable bonds is 7. The summed E-state index contributed by atoms with van der Waals surface area (Å²) in [6, 6.07) is 8.82. The van der Waals surface area contributed by atoms with Crippen molar-refractivity contribution in [2.24, 2.45) is 5.92 Å². The molecule has 2 fully saturated rings. The molecule has 0 aromatic heterocycles. The fourth-order valence-corrected chi connectivity index (χ4v) is 5.69. The summed E-state index contributed by atoms with van der Waals surface area (Å²) in [4.78, 5) is 15.3. The molecule has 2 N–H and O–H groups in total. The van der Waals surface area contributed by atoms with E-state index in [4.69, 9.17) is 0 Å². The summed E-state index contributed by atoms with van der Waals surface area (Å²) in [6.45, 7) is 5.61. The standard InChI is InChI=1S/C23H34N4O3S/c1-18-8-10-21(11-9-18)31(29,30)25-15-20-7-6-14-27(16-20)19(2)22(28)26-23(17-24)12-4-3-5-13-23/h8-11,19-20,25H,3-7,12-16H2,1-2H3,(H,26,28). The number of nitrogens with zero attached hydrogens (tertiary/aromatic N) is 2. The van der Waals surface area contributed by atoms with E-state index >= 15 is 0 Å². The van der Waals surface area contributed by atoms with Gasteiger partial charge in [0.2, 0.25) is 15.9 Å². The molecule has 1 aliphatic heterocycles. The lowest BCUT2D eigenvalue weighted by Crippen LogP contribution is -2.56. The summed E-state index contributed by atoms with van der Waals surface area (Å²) in [5.74, 6) is 0.0353. The molecule has 7 nitrogen and oxygen atoms in total. The number of carbonyl (C=O) groups excluding carboxylic acids is 1. The highest BCUT2D eigenvalue weighted by Crippen LogP contribution is 2.28. The van der Waals surface area contributed by atoms with Gasteiger partial charge < -0.3 is 5.32 Å². The van der Waals surface area contributed by atoms with Gasteiger partial charge in [-0.15, -0.1) is 0 Å². The Balaban J connectivity index is 1.55. The Labute approximate surface area is 186 Å². The lowest BCUT2D eigenvalue weighted by molar-refractivity contribution is -0.128. The maximum absolute atomic E-state index is 12.9. The summed E-state index contributed by atoms with van der Waals surface area (Å²) in [5.41, 5.74) is 0.281. The van der Waals surface area contributed by atoms with Gasteiger partial charge in [-0.1, -0.05) is 37.0 Å². The first kappa shape index (κ1) is 23.7. The van der Waals surface area contributed by atoms with E-state index in [2.05, 4.69) is 21.0 Å². The Bertz CT molecular complexity index is 902. The zero-order valence-electron chi connectivity index (χ0n) is 18.6. The van der Waals surface area contributed by atoms with Crippen LogP contribution in [0.25, 0.3) is 0 Å². The molecule has 2 unspecified atom stereocenters. The highest BCUT2D eigenvalue weighted by molar-refractivity contribution is 7.89. The third kappa shape index (κ3) is 6.06. The third-order valence-corrected chi connectivity index (χ3v) is 8.09. The van der Waals surface area contributed by atoms with E-state index in [9.17, 15) is 18.5 Å². The first-order valence-corrected chi connectivity index (χ1v) is 12.8. The molecule has 31 heavy (non-hydrogen) atoms. The summed E-state index contributed by atoms with van der Waals surface area (Å²) in [6.07, 6.45) is 6.31. The number of carbonyl (C=O) groups is 1. The summed E-state index contributed by atoms with van der Waals surface area (Å²) < 4.78 is 27.9. The Kier molecular flexibility index (Phi) is 7.73. The molecule has 1 saturated carbocycles. The highest BCUT2D eigenvalue weighted by Gasteiger charge is 2.36. The predicted octanol–water partition coefficient (Wildman–Crippen LogP) is 2.72. The second-order valence-corrected chi connectivity index (χ2v) is 10.9. The Morgan fingerprint density at radius 1 is 1.23 bits per heavy atom. The largest absolute Gasteiger partial charge is 0.336 e. The van der Waals surface area contributed by atoms with Crippen LogP contribution in [0.15, 0.2) is 29.2 Å². The fourth-order valence-electron chi connectivity index (χ4n) is 4.57. The number of amides is 1. The van der Waals surface area contributed by atoms with Crippen molar-refractivity contribution in [1.29, 1.82) is 5.26 Å².